The van der Waals surface area contributed by atoms with E-state index in [2.05, 4.69) is 5.16 Å². The Bertz CT molecular complexity index is 1300. The van der Waals surface area contributed by atoms with Gasteiger partial charge in [-0.1, -0.05) is 19.0 Å². The number of Topliss-reactive ketones (excluding diaryl/α,β-unsaturated/α-hetero) is 4. The van der Waals surface area contributed by atoms with Gasteiger partial charge in [0, 0.05) is 11.0 Å². The summed E-state index contributed by atoms with van der Waals surface area (Å²) in [6.45, 7) is 4.83. The fourth-order valence-corrected chi connectivity index (χ4v) is 7.24. The Kier molecular flexibility index (Phi) is 5.96. The molecule has 2 fully saturated rings. The summed E-state index contributed by atoms with van der Waals surface area (Å²) in [6, 6.07) is 1.69. The van der Waals surface area contributed by atoms with Gasteiger partial charge < -0.3 is 20.8 Å². The number of amides is 1. The minimum atomic E-state index is -2.83. The summed E-state index contributed by atoms with van der Waals surface area (Å²) in [4.78, 5) is 73.5. The van der Waals surface area contributed by atoms with Crippen molar-refractivity contribution in [3.05, 3.63) is 28.8 Å². The molecule has 1 amide bonds. The van der Waals surface area contributed by atoms with E-state index in [0.717, 1.165) is 0 Å². The molecule has 1 aromatic carbocycles. The third-order valence-electron chi connectivity index (χ3n) is 8.49. The van der Waals surface area contributed by atoms with Crippen LogP contribution in [0.15, 0.2) is 17.3 Å². The normalized spacial score (nSPS) is 35.7. The Morgan fingerprint density at radius 3 is 2.32 bits per heavy atom. The van der Waals surface area contributed by atoms with Crippen LogP contribution >= 0.6 is 0 Å². The molecule has 0 spiro atoms. The summed E-state index contributed by atoms with van der Waals surface area (Å²) in [5.74, 6) is -9.11. The Labute approximate surface area is 213 Å². The van der Waals surface area contributed by atoms with Crippen LogP contribution in [0, 0.1) is 22.7 Å². The number of likely N-dealkylation sites (N-methyl/N-ethyl adjacent to an activating group) is 1. The van der Waals surface area contributed by atoms with Crippen LogP contribution in [0.1, 0.15) is 48.7 Å². The second kappa shape index (κ2) is 8.29. The molecular weight excluding hydrogens is 482 g/mol. The third kappa shape index (κ3) is 3.26. The number of oxime groups is 1. The number of primary amides is 1. The van der Waals surface area contributed by atoms with E-state index in [1.165, 1.54) is 25.0 Å². The van der Waals surface area contributed by atoms with Crippen LogP contribution in [0.5, 0.6) is 5.75 Å². The number of nitrogens with two attached hydrogens (primary N) is 1. The Balaban J connectivity index is 1.99. The van der Waals surface area contributed by atoms with Crippen LogP contribution in [0.4, 0.5) is 0 Å². The average molecular weight is 514 g/mol. The predicted octanol–water partition coefficient (Wildman–Crippen LogP) is 0.0176. The van der Waals surface area contributed by atoms with Gasteiger partial charge >= 0.3 is 0 Å². The number of ketones is 4. The van der Waals surface area contributed by atoms with Gasteiger partial charge in [0.2, 0.25) is 5.91 Å². The molecule has 11 heteroatoms. The highest BCUT2D eigenvalue weighted by molar-refractivity contribution is 6.33. The zero-order valence-corrected chi connectivity index (χ0v) is 21.6. The third-order valence-corrected chi connectivity index (χ3v) is 8.49. The molecule has 1 aromatic rings. The van der Waals surface area contributed by atoms with Crippen molar-refractivity contribution in [2.75, 3.05) is 21.2 Å². The summed E-state index contributed by atoms with van der Waals surface area (Å²) >= 11 is 0. The number of benzene rings is 1. The van der Waals surface area contributed by atoms with E-state index in [4.69, 9.17) is 10.6 Å². The maximum absolute atomic E-state index is 14.1. The summed E-state index contributed by atoms with van der Waals surface area (Å²) in [7, 11) is 4.46. The Morgan fingerprint density at radius 2 is 1.78 bits per heavy atom. The lowest BCUT2D eigenvalue weighted by atomic mass is 9.42. The maximum Gasteiger partial charge on any atom is 0.235 e. The van der Waals surface area contributed by atoms with Gasteiger partial charge in [-0.2, -0.15) is 0 Å². The van der Waals surface area contributed by atoms with Crippen LogP contribution < -0.4 is 5.73 Å². The Morgan fingerprint density at radius 1 is 1.16 bits per heavy atom. The molecule has 11 nitrogen and oxygen atoms in total. The van der Waals surface area contributed by atoms with E-state index in [9.17, 15) is 34.2 Å². The number of carbonyl (C=O) groups is 5. The van der Waals surface area contributed by atoms with Crippen LogP contribution in [0.25, 0.3) is 0 Å². The molecule has 0 aliphatic heterocycles. The molecule has 0 bridgehead atoms. The summed E-state index contributed by atoms with van der Waals surface area (Å²) < 4.78 is 0. The smallest absolute Gasteiger partial charge is 0.235 e. The van der Waals surface area contributed by atoms with Crippen molar-refractivity contribution in [2.45, 2.75) is 45.3 Å². The van der Waals surface area contributed by atoms with Gasteiger partial charge in [-0.3, -0.25) is 28.9 Å². The van der Waals surface area contributed by atoms with E-state index in [-0.39, 0.29) is 24.2 Å². The molecule has 2 saturated carbocycles. The molecule has 2 unspecified atom stereocenters. The van der Waals surface area contributed by atoms with Crippen LogP contribution in [0.3, 0.4) is 0 Å². The second-order valence-corrected chi connectivity index (χ2v) is 11.1. The zero-order valence-electron chi connectivity index (χ0n) is 21.6. The van der Waals surface area contributed by atoms with Crippen molar-refractivity contribution in [3.63, 3.8) is 0 Å². The molecule has 4 N–H and O–H groups in total. The number of hydrogen-bond donors (Lipinski definition) is 3. The lowest BCUT2D eigenvalue weighted by Gasteiger charge is -2.61. The van der Waals surface area contributed by atoms with E-state index in [1.807, 2.05) is 0 Å². The number of aliphatic hydroxyl groups is 1. The van der Waals surface area contributed by atoms with Crippen molar-refractivity contribution < 1.29 is 39.0 Å². The first kappa shape index (κ1) is 26.6. The maximum atomic E-state index is 14.1. The number of phenolic OH excluding ortho intramolecular Hbond substituents is 1. The zero-order chi connectivity index (χ0) is 27.8. The van der Waals surface area contributed by atoms with Gasteiger partial charge in [-0.15, -0.1) is 0 Å². The monoisotopic (exact) mass is 513 g/mol. The lowest BCUT2D eigenvalue weighted by Crippen LogP contribution is -2.79. The molecule has 0 heterocycles. The SMILES string of the molecule is CON=C(C)c1ccc(O)c2c1C[C@@]1(C)C[C@@]3(C)[C@H](N(C)C)C(=O)C(C(N)=O)C(=O)[C@@]3(O)C(=O)C1C2=O. The average Bonchev–Trinajstić information content (AvgIpc) is 2.75. The van der Waals surface area contributed by atoms with Gasteiger partial charge in [0.15, 0.2) is 34.7 Å². The molecule has 0 saturated heterocycles. The highest BCUT2D eigenvalue weighted by atomic mass is 16.6. The standard InChI is InChI=1S/C26H31N3O8/c1-11(28-37-6)12-7-8-14(30)15-13(12)9-24(2)10-25(3)20(29(4)5)19(32)16(23(27)35)21(33)26(25,36)22(34)17(24)18(15)31/h7-8,16-17,20,30,36H,9-10H2,1-6H3,(H2,27,35)/t16?,17?,20-,24+,25+,26-/m1/s1. The number of carbonyl (C=O) groups excluding carboxylic acids is 5. The minimum absolute atomic E-state index is 0.0839. The molecule has 198 valence electrons. The van der Waals surface area contributed by atoms with E-state index in [0.29, 0.717) is 16.8 Å². The van der Waals surface area contributed by atoms with E-state index >= 15 is 0 Å². The summed E-state index contributed by atoms with van der Waals surface area (Å²) in [5.41, 5.74) is 1.06. The summed E-state index contributed by atoms with van der Waals surface area (Å²) in [6.07, 6.45) is 0.0255. The molecule has 3 aliphatic rings. The van der Waals surface area contributed by atoms with Crippen molar-refractivity contribution in [3.8, 4) is 5.75 Å². The molecule has 0 radical (unpaired) electrons. The quantitative estimate of drug-likeness (QED) is 0.284. The first-order chi connectivity index (χ1) is 17.1. The summed E-state index contributed by atoms with van der Waals surface area (Å²) in [5, 5.41) is 26.5. The van der Waals surface area contributed by atoms with Gasteiger partial charge in [-0.05, 0) is 57.0 Å². The van der Waals surface area contributed by atoms with E-state index in [1.54, 1.807) is 34.0 Å². The molecular formula is C26H31N3O8. The van der Waals surface area contributed by atoms with Crippen LogP contribution in [-0.2, 0) is 30.4 Å². The van der Waals surface area contributed by atoms with Crippen LogP contribution in [-0.4, -0.2) is 82.7 Å². The van der Waals surface area contributed by atoms with Gasteiger partial charge in [0.25, 0.3) is 0 Å². The first-order valence-electron chi connectivity index (χ1n) is 11.9. The van der Waals surface area contributed by atoms with Crippen molar-refractivity contribution in [1.82, 2.24) is 4.90 Å². The fraction of sp³-hybridized carbons (Fsp3) is 0.538. The van der Waals surface area contributed by atoms with Crippen molar-refractivity contribution in [1.29, 1.82) is 0 Å². The number of nitrogens with zero attached hydrogens (tertiary/aromatic N) is 2. The molecule has 0 aromatic heterocycles. The largest absolute Gasteiger partial charge is 0.507 e. The minimum Gasteiger partial charge on any atom is -0.507 e. The number of hydrogen-bond acceptors (Lipinski definition) is 10. The molecule has 6 atom stereocenters. The van der Waals surface area contributed by atoms with Gasteiger partial charge in [-0.25, -0.2) is 0 Å². The number of rotatable bonds is 4. The van der Waals surface area contributed by atoms with Gasteiger partial charge in [0.1, 0.15) is 12.9 Å². The topological polar surface area (TPSA) is 177 Å². The molecule has 4 rings (SSSR count). The second-order valence-electron chi connectivity index (χ2n) is 11.1. The molecule has 3 aliphatic carbocycles. The highest BCUT2D eigenvalue weighted by Gasteiger charge is 2.76. The molecule has 37 heavy (non-hydrogen) atoms. The predicted molar refractivity (Wildman–Crippen MR) is 130 cm³/mol. The first-order valence-corrected chi connectivity index (χ1v) is 11.9. The number of phenols is 1. The highest BCUT2D eigenvalue weighted by Crippen LogP contribution is 2.61. The van der Waals surface area contributed by atoms with Gasteiger partial charge in [0.05, 0.1) is 23.2 Å². The van der Waals surface area contributed by atoms with E-state index < -0.39 is 63.3 Å². The number of fused-ring (bicyclic) bond motifs is 3. The Hall–Kier alpha value is -3.44. The van der Waals surface area contributed by atoms with Crippen LogP contribution in [0.2, 0.25) is 0 Å². The van der Waals surface area contributed by atoms with Crippen molar-refractivity contribution in [2.24, 2.45) is 33.6 Å². The lowest BCUT2D eigenvalue weighted by molar-refractivity contribution is -0.203. The van der Waals surface area contributed by atoms with Crippen molar-refractivity contribution >= 4 is 34.8 Å². The number of aromatic hydroxyl groups is 1. The fourth-order valence-electron chi connectivity index (χ4n) is 7.24.